The molecule has 1 atom stereocenters. The average molecular weight is 456 g/mol. The Morgan fingerprint density at radius 2 is 1.80 bits per heavy atom. The number of likely N-dealkylation sites (N-methyl/N-ethyl adjacent to an activating group) is 1. The van der Waals surface area contributed by atoms with Gasteiger partial charge in [0.15, 0.2) is 0 Å². The van der Waals surface area contributed by atoms with Crippen molar-refractivity contribution in [3.05, 3.63) is 64.9 Å². The van der Waals surface area contributed by atoms with Crippen LogP contribution in [0.5, 0.6) is 0 Å². The van der Waals surface area contributed by atoms with Gasteiger partial charge in [-0.1, -0.05) is 41.9 Å². The van der Waals surface area contributed by atoms with E-state index < -0.39 is 40.2 Å². The normalized spacial score (nSPS) is 12.2. The van der Waals surface area contributed by atoms with Gasteiger partial charge < -0.3 is 10.2 Å². The van der Waals surface area contributed by atoms with E-state index in [2.05, 4.69) is 5.32 Å². The maximum Gasteiger partial charge on any atom is 0.244 e. The summed E-state index contributed by atoms with van der Waals surface area (Å²) < 4.78 is 39.0. The predicted octanol–water partition coefficient (Wildman–Crippen LogP) is 2.41. The van der Waals surface area contributed by atoms with Crippen LogP contribution in [0.2, 0.25) is 5.02 Å². The third kappa shape index (κ3) is 5.93. The van der Waals surface area contributed by atoms with E-state index in [0.717, 1.165) is 28.3 Å². The van der Waals surface area contributed by atoms with E-state index in [1.807, 2.05) is 6.07 Å². The Kier molecular flexibility index (Phi) is 7.80. The van der Waals surface area contributed by atoms with E-state index in [-0.39, 0.29) is 17.3 Å². The van der Waals surface area contributed by atoms with Crippen molar-refractivity contribution in [3.63, 3.8) is 0 Å². The minimum atomic E-state index is -3.90. The Morgan fingerprint density at radius 3 is 2.33 bits per heavy atom. The number of hydrogen-bond donors (Lipinski definition) is 1. The third-order valence-corrected chi connectivity index (χ3v) is 5.91. The Labute approximate surface area is 180 Å². The summed E-state index contributed by atoms with van der Waals surface area (Å²) in [6.45, 7) is 1.09. The number of halogens is 2. The summed E-state index contributed by atoms with van der Waals surface area (Å²) in [5.74, 6) is -1.70. The van der Waals surface area contributed by atoms with E-state index in [4.69, 9.17) is 11.6 Å². The second-order valence-electron chi connectivity index (χ2n) is 6.67. The molecule has 0 radical (unpaired) electrons. The fourth-order valence-corrected chi connectivity index (χ4v) is 3.84. The number of nitrogens with zero attached hydrogens (tertiary/aromatic N) is 2. The van der Waals surface area contributed by atoms with Crippen molar-refractivity contribution in [2.75, 3.05) is 24.2 Å². The summed E-state index contributed by atoms with van der Waals surface area (Å²) in [6.07, 6.45) is 0.932. The molecule has 30 heavy (non-hydrogen) atoms. The molecular weight excluding hydrogens is 433 g/mol. The maximum atomic E-state index is 13.5. The maximum absolute atomic E-state index is 13.5. The lowest BCUT2D eigenvalue weighted by Gasteiger charge is -2.31. The molecule has 0 aromatic heterocycles. The van der Waals surface area contributed by atoms with Crippen LogP contribution in [0.1, 0.15) is 12.5 Å². The van der Waals surface area contributed by atoms with Crippen LogP contribution < -0.4 is 9.62 Å². The highest BCUT2D eigenvalue weighted by molar-refractivity contribution is 7.92. The van der Waals surface area contributed by atoms with Gasteiger partial charge in [0.2, 0.25) is 21.8 Å². The lowest BCUT2D eigenvalue weighted by Crippen LogP contribution is -2.50. The molecule has 0 fully saturated rings. The Morgan fingerprint density at radius 1 is 1.17 bits per heavy atom. The molecular formula is C20H23ClFN3O4S. The van der Waals surface area contributed by atoms with Gasteiger partial charge in [-0.2, -0.15) is 0 Å². The van der Waals surface area contributed by atoms with Gasteiger partial charge in [-0.3, -0.25) is 13.9 Å². The van der Waals surface area contributed by atoms with E-state index >= 15 is 0 Å². The zero-order valence-corrected chi connectivity index (χ0v) is 18.4. The van der Waals surface area contributed by atoms with Crippen molar-refractivity contribution in [1.82, 2.24) is 10.2 Å². The molecule has 10 heteroatoms. The van der Waals surface area contributed by atoms with Crippen LogP contribution >= 0.6 is 11.6 Å². The zero-order valence-electron chi connectivity index (χ0n) is 16.8. The lowest BCUT2D eigenvalue weighted by atomic mass is 10.1. The summed E-state index contributed by atoms with van der Waals surface area (Å²) in [5.41, 5.74) is 0.821. The van der Waals surface area contributed by atoms with Crippen LogP contribution in [0, 0.1) is 5.82 Å². The number of anilines is 1. The smallest absolute Gasteiger partial charge is 0.244 e. The van der Waals surface area contributed by atoms with E-state index in [9.17, 15) is 22.4 Å². The van der Waals surface area contributed by atoms with E-state index in [1.54, 1.807) is 31.2 Å². The van der Waals surface area contributed by atoms with Gasteiger partial charge in [0.1, 0.15) is 18.4 Å². The average Bonchev–Trinajstić information content (AvgIpc) is 2.71. The number of sulfonamides is 1. The van der Waals surface area contributed by atoms with Gasteiger partial charge >= 0.3 is 0 Å². The molecule has 0 unspecified atom stereocenters. The number of amides is 2. The molecule has 0 heterocycles. The van der Waals surface area contributed by atoms with Crippen molar-refractivity contribution >= 4 is 39.1 Å². The molecule has 0 saturated carbocycles. The number of carbonyl (C=O) groups is 2. The topological polar surface area (TPSA) is 86.8 Å². The van der Waals surface area contributed by atoms with Gasteiger partial charge in [-0.15, -0.1) is 0 Å². The van der Waals surface area contributed by atoms with Crippen LogP contribution in [0.25, 0.3) is 0 Å². The Hall–Kier alpha value is -2.65. The predicted molar refractivity (Wildman–Crippen MR) is 114 cm³/mol. The summed E-state index contributed by atoms with van der Waals surface area (Å²) in [4.78, 5) is 26.6. The summed E-state index contributed by atoms with van der Waals surface area (Å²) in [7, 11) is -2.44. The second kappa shape index (κ2) is 9.90. The van der Waals surface area contributed by atoms with Crippen molar-refractivity contribution in [3.8, 4) is 0 Å². The molecule has 162 valence electrons. The van der Waals surface area contributed by atoms with Gasteiger partial charge in [-0.25, -0.2) is 12.8 Å². The largest absolute Gasteiger partial charge is 0.357 e. The van der Waals surface area contributed by atoms with E-state index in [0.29, 0.717) is 0 Å². The molecule has 0 aliphatic rings. The first kappa shape index (κ1) is 23.6. The van der Waals surface area contributed by atoms with Gasteiger partial charge in [0.05, 0.1) is 17.0 Å². The first-order chi connectivity index (χ1) is 14.0. The summed E-state index contributed by atoms with van der Waals surface area (Å²) >= 11 is 5.78. The monoisotopic (exact) mass is 455 g/mol. The highest BCUT2D eigenvalue weighted by atomic mass is 35.5. The van der Waals surface area contributed by atoms with Crippen molar-refractivity contribution in [2.45, 2.75) is 19.5 Å². The Balaban J connectivity index is 2.38. The van der Waals surface area contributed by atoms with Crippen LogP contribution in [0.4, 0.5) is 10.1 Å². The molecule has 2 aromatic carbocycles. The SMILES string of the molecule is CNC(=O)[C@H](C)N(Cc1ccccc1)C(=O)CN(c1ccc(F)c(Cl)c1)S(C)(=O)=O. The van der Waals surface area contributed by atoms with Crippen molar-refractivity contribution in [1.29, 1.82) is 0 Å². The molecule has 0 spiro atoms. The molecule has 7 nitrogen and oxygen atoms in total. The molecule has 1 N–H and O–H groups in total. The first-order valence-electron chi connectivity index (χ1n) is 9.02. The molecule has 2 amide bonds. The quantitative estimate of drug-likeness (QED) is 0.662. The minimum Gasteiger partial charge on any atom is -0.357 e. The molecule has 2 rings (SSSR count). The van der Waals surface area contributed by atoms with Gasteiger partial charge in [0, 0.05) is 13.6 Å². The van der Waals surface area contributed by atoms with Gasteiger partial charge in [0.25, 0.3) is 0 Å². The van der Waals surface area contributed by atoms with Crippen LogP contribution in [-0.4, -0.2) is 51.0 Å². The number of carbonyl (C=O) groups excluding carboxylic acids is 2. The molecule has 0 bridgehead atoms. The van der Waals surface area contributed by atoms with Crippen LogP contribution in [-0.2, 0) is 26.2 Å². The lowest BCUT2D eigenvalue weighted by molar-refractivity contribution is -0.139. The van der Waals surface area contributed by atoms with Crippen molar-refractivity contribution in [2.24, 2.45) is 0 Å². The summed E-state index contributed by atoms with van der Waals surface area (Å²) in [5, 5.41) is 2.22. The fraction of sp³-hybridized carbons (Fsp3) is 0.300. The van der Waals surface area contributed by atoms with Crippen LogP contribution in [0.3, 0.4) is 0 Å². The highest BCUT2D eigenvalue weighted by Gasteiger charge is 2.29. The number of nitrogens with one attached hydrogen (secondary N) is 1. The fourth-order valence-electron chi connectivity index (χ4n) is 2.83. The Bertz CT molecular complexity index is 1020. The highest BCUT2D eigenvalue weighted by Crippen LogP contribution is 2.25. The third-order valence-electron chi connectivity index (χ3n) is 4.48. The summed E-state index contributed by atoms with van der Waals surface area (Å²) in [6, 6.07) is 11.5. The van der Waals surface area contributed by atoms with E-state index in [1.165, 1.54) is 18.0 Å². The van der Waals surface area contributed by atoms with Crippen LogP contribution in [0.15, 0.2) is 48.5 Å². The number of benzene rings is 2. The van der Waals surface area contributed by atoms with Crippen molar-refractivity contribution < 1.29 is 22.4 Å². The molecule has 0 aliphatic carbocycles. The number of rotatable bonds is 8. The zero-order chi connectivity index (χ0) is 22.5. The second-order valence-corrected chi connectivity index (χ2v) is 8.98. The minimum absolute atomic E-state index is 0.0458. The molecule has 0 aliphatic heterocycles. The van der Waals surface area contributed by atoms with Gasteiger partial charge in [-0.05, 0) is 30.7 Å². The standard InChI is InChI=1S/C20H23ClFN3O4S/c1-14(20(27)23-2)24(12-15-7-5-4-6-8-15)19(26)13-25(30(3,28)29)16-9-10-18(22)17(21)11-16/h4-11,14H,12-13H2,1-3H3,(H,23,27)/t14-/m0/s1. The number of hydrogen-bond acceptors (Lipinski definition) is 4. The first-order valence-corrected chi connectivity index (χ1v) is 11.2. The molecule has 0 saturated heterocycles. The molecule has 2 aromatic rings.